The number of hydrogen-bond donors (Lipinski definition) is 1. The van der Waals surface area contributed by atoms with Gasteiger partial charge in [-0.25, -0.2) is 4.83 Å². The molecule has 3 rings (SSSR count). The van der Waals surface area contributed by atoms with Crippen LogP contribution in [-0.2, 0) is 16.6 Å². The van der Waals surface area contributed by atoms with Crippen LogP contribution < -0.4 is 14.3 Å². The summed E-state index contributed by atoms with van der Waals surface area (Å²) < 4.78 is 36.3. The van der Waals surface area contributed by atoms with Gasteiger partial charge in [0.25, 0.3) is 10.0 Å². The second-order valence-corrected chi connectivity index (χ2v) is 8.95. The Morgan fingerprint density at radius 1 is 1.03 bits per heavy atom. The van der Waals surface area contributed by atoms with Crippen LogP contribution in [0.4, 0.5) is 0 Å². The monoisotopic (exact) mass is 458 g/mol. The summed E-state index contributed by atoms with van der Waals surface area (Å²) in [6, 6.07) is 17.9. The first-order valence-corrected chi connectivity index (χ1v) is 11.3. The Morgan fingerprint density at radius 2 is 1.81 bits per heavy atom. The zero-order valence-corrected chi connectivity index (χ0v) is 19.0. The molecule has 0 radical (unpaired) electrons. The van der Waals surface area contributed by atoms with Crippen molar-refractivity contribution in [1.82, 2.24) is 4.83 Å². The van der Waals surface area contributed by atoms with Gasteiger partial charge in [0.15, 0.2) is 11.5 Å². The van der Waals surface area contributed by atoms with E-state index in [1.807, 2.05) is 31.2 Å². The van der Waals surface area contributed by atoms with E-state index in [0.717, 1.165) is 11.1 Å². The SMILES string of the molecule is COc1cc(/C=N/NS(=O)(=O)c2cc(C)ccc2C)ccc1OCc1ccccc1Cl. The minimum atomic E-state index is -3.77. The molecule has 0 atom stereocenters. The maximum Gasteiger partial charge on any atom is 0.276 e. The van der Waals surface area contributed by atoms with Gasteiger partial charge in [-0.3, -0.25) is 0 Å². The minimum Gasteiger partial charge on any atom is -0.493 e. The first-order chi connectivity index (χ1) is 14.8. The maximum absolute atomic E-state index is 12.5. The van der Waals surface area contributed by atoms with E-state index in [1.165, 1.54) is 13.3 Å². The van der Waals surface area contributed by atoms with Gasteiger partial charge in [0.2, 0.25) is 0 Å². The van der Waals surface area contributed by atoms with Crippen molar-refractivity contribution in [2.24, 2.45) is 5.10 Å². The second kappa shape index (κ2) is 9.85. The molecule has 0 aliphatic heterocycles. The summed E-state index contributed by atoms with van der Waals surface area (Å²) in [5.41, 5.74) is 3.00. The van der Waals surface area contributed by atoms with E-state index in [-0.39, 0.29) is 4.90 Å². The Hall–Kier alpha value is -3.03. The second-order valence-electron chi connectivity index (χ2n) is 6.91. The number of nitrogens with one attached hydrogen (secondary N) is 1. The van der Waals surface area contributed by atoms with E-state index in [9.17, 15) is 8.42 Å². The Morgan fingerprint density at radius 3 is 2.55 bits per heavy atom. The lowest BCUT2D eigenvalue weighted by atomic mass is 10.2. The van der Waals surface area contributed by atoms with Crippen molar-refractivity contribution in [3.63, 3.8) is 0 Å². The molecular weight excluding hydrogens is 436 g/mol. The van der Waals surface area contributed by atoms with Crippen molar-refractivity contribution < 1.29 is 17.9 Å². The molecule has 162 valence electrons. The molecule has 3 aromatic rings. The molecule has 0 spiro atoms. The standard InChI is InChI=1S/C23H23ClN2O4S/c1-16-8-9-17(2)23(12-16)31(27,28)26-25-14-18-10-11-21(22(13-18)29-3)30-15-19-6-4-5-7-20(19)24/h4-14,26H,15H2,1-3H3/b25-14+. The first kappa shape index (κ1) is 22.7. The molecule has 0 amide bonds. The number of ether oxygens (including phenoxy) is 2. The number of hydrogen-bond acceptors (Lipinski definition) is 5. The topological polar surface area (TPSA) is 77.0 Å². The van der Waals surface area contributed by atoms with E-state index >= 15 is 0 Å². The summed E-state index contributed by atoms with van der Waals surface area (Å²) >= 11 is 6.16. The normalized spacial score (nSPS) is 11.5. The van der Waals surface area contributed by atoms with E-state index in [0.29, 0.717) is 34.3 Å². The first-order valence-electron chi connectivity index (χ1n) is 9.46. The zero-order chi connectivity index (χ0) is 22.4. The van der Waals surface area contributed by atoms with Crippen LogP contribution in [0.1, 0.15) is 22.3 Å². The molecular formula is C23H23ClN2O4S. The van der Waals surface area contributed by atoms with Gasteiger partial charge in [-0.2, -0.15) is 13.5 Å². The van der Waals surface area contributed by atoms with Gasteiger partial charge >= 0.3 is 0 Å². The van der Waals surface area contributed by atoms with Gasteiger partial charge in [-0.1, -0.05) is 41.9 Å². The molecule has 3 aromatic carbocycles. The number of sulfonamides is 1. The highest BCUT2D eigenvalue weighted by Crippen LogP contribution is 2.29. The molecule has 6 nitrogen and oxygen atoms in total. The molecule has 0 unspecified atom stereocenters. The third kappa shape index (κ3) is 5.77. The van der Waals surface area contributed by atoms with Crippen LogP contribution in [0.3, 0.4) is 0 Å². The Bertz CT molecular complexity index is 1210. The van der Waals surface area contributed by atoms with Gasteiger partial charge in [0.05, 0.1) is 18.2 Å². The molecule has 1 N–H and O–H groups in total. The predicted molar refractivity (Wildman–Crippen MR) is 123 cm³/mol. The van der Waals surface area contributed by atoms with E-state index < -0.39 is 10.0 Å². The van der Waals surface area contributed by atoms with Crippen molar-refractivity contribution in [3.8, 4) is 11.5 Å². The van der Waals surface area contributed by atoms with Crippen LogP contribution >= 0.6 is 11.6 Å². The molecule has 0 saturated carbocycles. The molecule has 0 bridgehead atoms. The highest BCUT2D eigenvalue weighted by atomic mass is 35.5. The Balaban J connectivity index is 1.71. The zero-order valence-electron chi connectivity index (χ0n) is 17.4. The predicted octanol–water partition coefficient (Wildman–Crippen LogP) is 4.86. The van der Waals surface area contributed by atoms with Crippen LogP contribution in [0.5, 0.6) is 11.5 Å². The smallest absolute Gasteiger partial charge is 0.276 e. The highest BCUT2D eigenvalue weighted by Gasteiger charge is 2.16. The fraction of sp³-hybridized carbons (Fsp3) is 0.174. The Kier molecular flexibility index (Phi) is 7.20. The number of aryl methyl sites for hydroxylation is 2. The lowest BCUT2D eigenvalue weighted by Crippen LogP contribution is -2.19. The molecule has 31 heavy (non-hydrogen) atoms. The van der Waals surface area contributed by atoms with Crippen LogP contribution in [0, 0.1) is 13.8 Å². The van der Waals surface area contributed by atoms with Crippen LogP contribution in [0.15, 0.2) is 70.7 Å². The third-order valence-corrected chi connectivity index (χ3v) is 6.28. The van der Waals surface area contributed by atoms with Crippen LogP contribution in [-0.4, -0.2) is 21.7 Å². The molecule has 0 aromatic heterocycles. The van der Waals surface area contributed by atoms with Crippen molar-refractivity contribution in [2.45, 2.75) is 25.3 Å². The number of hydrazone groups is 1. The highest BCUT2D eigenvalue weighted by molar-refractivity contribution is 7.89. The van der Waals surface area contributed by atoms with Crippen LogP contribution in [0.25, 0.3) is 0 Å². The largest absolute Gasteiger partial charge is 0.493 e. The average molecular weight is 459 g/mol. The van der Waals surface area contributed by atoms with Crippen molar-refractivity contribution in [1.29, 1.82) is 0 Å². The fourth-order valence-corrected chi connectivity index (χ4v) is 4.18. The lowest BCUT2D eigenvalue weighted by Gasteiger charge is -2.12. The van der Waals surface area contributed by atoms with Crippen LogP contribution in [0.2, 0.25) is 5.02 Å². The van der Waals surface area contributed by atoms with E-state index in [4.69, 9.17) is 21.1 Å². The summed E-state index contributed by atoms with van der Waals surface area (Å²) in [6.45, 7) is 3.87. The van der Waals surface area contributed by atoms with Crippen molar-refractivity contribution >= 4 is 27.8 Å². The fourth-order valence-electron chi connectivity index (χ4n) is 2.87. The van der Waals surface area contributed by atoms with Gasteiger partial charge in [0, 0.05) is 10.6 Å². The molecule has 0 aliphatic carbocycles. The number of nitrogens with zero attached hydrogens (tertiary/aromatic N) is 1. The molecule has 0 aliphatic rings. The average Bonchev–Trinajstić information content (AvgIpc) is 2.75. The Labute approximate surface area is 187 Å². The van der Waals surface area contributed by atoms with Gasteiger partial charge in [-0.05, 0) is 60.9 Å². The summed E-state index contributed by atoms with van der Waals surface area (Å²) in [5, 5.41) is 4.52. The van der Waals surface area contributed by atoms with Gasteiger partial charge in [0.1, 0.15) is 6.61 Å². The minimum absolute atomic E-state index is 0.200. The van der Waals surface area contributed by atoms with Gasteiger partial charge in [-0.15, -0.1) is 0 Å². The maximum atomic E-state index is 12.5. The van der Waals surface area contributed by atoms with E-state index in [2.05, 4.69) is 9.93 Å². The van der Waals surface area contributed by atoms with Crippen molar-refractivity contribution in [3.05, 3.63) is 87.9 Å². The number of methoxy groups -OCH3 is 1. The number of halogens is 1. The number of benzene rings is 3. The molecule has 0 saturated heterocycles. The molecule has 0 heterocycles. The summed E-state index contributed by atoms with van der Waals surface area (Å²) in [5.74, 6) is 1.03. The molecule has 0 fully saturated rings. The quantitative estimate of drug-likeness (QED) is 0.386. The molecule has 8 heteroatoms. The van der Waals surface area contributed by atoms with Crippen molar-refractivity contribution in [2.75, 3.05) is 7.11 Å². The lowest BCUT2D eigenvalue weighted by molar-refractivity contribution is 0.284. The van der Waals surface area contributed by atoms with E-state index in [1.54, 1.807) is 43.3 Å². The van der Waals surface area contributed by atoms with Gasteiger partial charge < -0.3 is 9.47 Å². The third-order valence-electron chi connectivity index (χ3n) is 4.55. The summed E-state index contributed by atoms with van der Waals surface area (Å²) in [6.07, 6.45) is 1.41. The summed E-state index contributed by atoms with van der Waals surface area (Å²) in [7, 11) is -2.24. The summed E-state index contributed by atoms with van der Waals surface area (Å²) in [4.78, 5) is 2.45. The number of rotatable bonds is 8.